The second-order valence-electron chi connectivity index (χ2n) is 6.91. The van der Waals surface area contributed by atoms with E-state index in [0.717, 1.165) is 48.4 Å². The summed E-state index contributed by atoms with van der Waals surface area (Å²) in [6, 6.07) is 14.2. The molecule has 3 rings (SSSR count). The Labute approximate surface area is 149 Å². The van der Waals surface area contributed by atoms with Crippen molar-refractivity contribution in [3.8, 4) is 0 Å². The predicted octanol–water partition coefficient (Wildman–Crippen LogP) is 3.34. The van der Waals surface area contributed by atoms with Gasteiger partial charge in [-0.25, -0.2) is 0 Å². The van der Waals surface area contributed by atoms with Gasteiger partial charge in [0.25, 0.3) is 0 Å². The van der Waals surface area contributed by atoms with E-state index in [4.69, 9.17) is 0 Å². The summed E-state index contributed by atoms with van der Waals surface area (Å²) >= 11 is 0. The fraction of sp³-hybridized carbons (Fsp3) is 0.429. The molecule has 0 radical (unpaired) electrons. The molecule has 4 nitrogen and oxygen atoms in total. The Balaban J connectivity index is 1.73. The first-order valence-corrected chi connectivity index (χ1v) is 9.20. The Morgan fingerprint density at radius 2 is 1.72 bits per heavy atom. The molecule has 2 aromatic carbocycles. The lowest BCUT2D eigenvalue weighted by Crippen LogP contribution is -2.60. The van der Waals surface area contributed by atoms with Gasteiger partial charge in [-0.1, -0.05) is 61.7 Å². The van der Waals surface area contributed by atoms with E-state index < -0.39 is 5.54 Å². The van der Waals surface area contributed by atoms with Gasteiger partial charge in [-0.3, -0.25) is 9.59 Å². The van der Waals surface area contributed by atoms with E-state index in [0.29, 0.717) is 13.0 Å². The zero-order valence-electron chi connectivity index (χ0n) is 14.8. The van der Waals surface area contributed by atoms with Crippen molar-refractivity contribution in [1.82, 2.24) is 10.6 Å². The van der Waals surface area contributed by atoms with Gasteiger partial charge in [-0.2, -0.15) is 0 Å². The van der Waals surface area contributed by atoms with Gasteiger partial charge in [0.05, 0.1) is 6.42 Å². The molecule has 0 aromatic heterocycles. The molecule has 0 unspecified atom stereocenters. The minimum Gasteiger partial charge on any atom is -0.354 e. The zero-order valence-corrected chi connectivity index (χ0v) is 14.8. The third-order valence-corrected chi connectivity index (χ3v) is 5.04. The number of carbonyl (C=O) groups is 2. The average molecular weight is 338 g/mol. The zero-order chi connectivity index (χ0) is 17.7. The van der Waals surface area contributed by atoms with Crippen molar-refractivity contribution in [2.45, 2.75) is 51.0 Å². The summed E-state index contributed by atoms with van der Waals surface area (Å²) in [6.07, 6.45) is 4.83. The maximum Gasteiger partial charge on any atom is 0.245 e. The first-order chi connectivity index (χ1) is 12.1. The summed E-state index contributed by atoms with van der Waals surface area (Å²) in [5, 5.41) is 8.25. The molecule has 0 bridgehead atoms. The molecular weight excluding hydrogens is 312 g/mol. The van der Waals surface area contributed by atoms with E-state index in [-0.39, 0.29) is 11.8 Å². The number of likely N-dealkylation sites (N-methyl/N-ethyl adjacent to an activating group) is 1. The molecule has 1 saturated carbocycles. The van der Waals surface area contributed by atoms with Crippen molar-refractivity contribution >= 4 is 22.6 Å². The number of hydrogen-bond donors (Lipinski definition) is 2. The lowest BCUT2D eigenvalue weighted by Gasteiger charge is -2.36. The van der Waals surface area contributed by atoms with Crippen LogP contribution in [0.25, 0.3) is 10.8 Å². The van der Waals surface area contributed by atoms with Crippen LogP contribution in [0.4, 0.5) is 0 Å². The number of rotatable bonds is 5. The molecule has 0 spiro atoms. The van der Waals surface area contributed by atoms with Crippen molar-refractivity contribution in [2.75, 3.05) is 6.54 Å². The molecule has 132 valence electrons. The van der Waals surface area contributed by atoms with Gasteiger partial charge < -0.3 is 10.6 Å². The summed E-state index contributed by atoms with van der Waals surface area (Å²) in [7, 11) is 0. The molecule has 2 N–H and O–H groups in total. The summed E-state index contributed by atoms with van der Waals surface area (Å²) in [4.78, 5) is 25.2. The van der Waals surface area contributed by atoms with Crippen LogP contribution >= 0.6 is 0 Å². The van der Waals surface area contributed by atoms with E-state index in [1.165, 1.54) is 0 Å². The first-order valence-electron chi connectivity index (χ1n) is 9.20. The Kier molecular flexibility index (Phi) is 5.37. The first kappa shape index (κ1) is 17.5. The van der Waals surface area contributed by atoms with E-state index in [9.17, 15) is 9.59 Å². The van der Waals surface area contributed by atoms with Crippen LogP contribution in [0.5, 0.6) is 0 Å². The van der Waals surface area contributed by atoms with E-state index in [2.05, 4.69) is 22.8 Å². The Bertz CT molecular complexity index is 763. The van der Waals surface area contributed by atoms with Crippen molar-refractivity contribution in [3.05, 3.63) is 48.0 Å². The summed E-state index contributed by atoms with van der Waals surface area (Å²) in [5.74, 6) is -0.120. The number of benzene rings is 2. The fourth-order valence-electron chi connectivity index (χ4n) is 3.74. The molecular formula is C21H26N2O2. The molecule has 1 aliphatic rings. The average Bonchev–Trinajstić information content (AvgIpc) is 2.62. The Hall–Kier alpha value is -2.36. The monoisotopic (exact) mass is 338 g/mol. The van der Waals surface area contributed by atoms with Crippen LogP contribution in [-0.4, -0.2) is 23.9 Å². The van der Waals surface area contributed by atoms with Crippen LogP contribution < -0.4 is 10.6 Å². The molecule has 1 aliphatic carbocycles. The van der Waals surface area contributed by atoms with E-state index in [1.54, 1.807) is 0 Å². The Morgan fingerprint density at radius 1 is 1.00 bits per heavy atom. The van der Waals surface area contributed by atoms with Gasteiger partial charge >= 0.3 is 0 Å². The number of hydrogen-bond acceptors (Lipinski definition) is 2. The summed E-state index contributed by atoms with van der Waals surface area (Å²) in [6.45, 7) is 2.49. The van der Waals surface area contributed by atoms with Crippen molar-refractivity contribution in [2.24, 2.45) is 0 Å². The second-order valence-corrected chi connectivity index (χ2v) is 6.91. The number of carbonyl (C=O) groups excluding carboxylic acids is 2. The van der Waals surface area contributed by atoms with Gasteiger partial charge in [0.2, 0.25) is 11.8 Å². The van der Waals surface area contributed by atoms with Crippen LogP contribution in [0.15, 0.2) is 42.5 Å². The van der Waals surface area contributed by atoms with E-state index in [1.807, 2.05) is 37.3 Å². The normalized spacial score (nSPS) is 16.4. The highest BCUT2D eigenvalue weighted by Gasteiger charge is 2.40. The number of nitrogens with one attached hydrogen (secondary N) is 2. The predicted molar refractivity (Wildman–Crippen MR) is 100 cm³/mol. The van der Waals surface area contributed by atoms with Crippen molar-refractivity contribution in [3.63, 3.8) is 0 Å². The maximum absolute atomic E-state index is 12.6. The smallest absolute Gasteiger partial charge is 0.245 e. The molecule has 2 amide bonds. The molecule has 4 heteroatoms. The van der Waals surface area contributed by atoms with Gasteiger partial charge in [0.1, 0.15) is 5.54 Å². The Morgan fingerprint density at radius 3 is 2.44 bits per heavy atom. The quantitative estimate of drug-likeness (QED) is 0.878. The molecule has 1 fully saturated rings. The largest absolute Gasteiger partial charge is 0.354 e. The second kappa shape index (κ2) is 7.68. The topological polar surface area (TPSA) is 58.2 Å². The van der Waals surface area contributed by atoms with Crippen LogP contribution in [0.3, 0.4) is 0 Å². The number of fused-ring (bicyclic) bond motifs is 1. The van der Waals surface area contributed by atoms with Crippen LogP contribution in [0.1, 0.15) is 44.6 Å². The molecule has 0 heterocycles. The van der Waals surface area contributed by atoms with Gasteiger partial charge in [0, 0.05) is 6.54 Å². The van der Waals surface area contributed by atoms with Crippen LogP contribution in [-0.2, 0) is 16.0 Å². The highest BCUT2D eigenvalue weighted by atomic mass is 16.2. The fourth-order valence-corrected chi connectivity index (χ4v) is 3.74. The summed E-state index contributed by atoms with van der Waals surface area (Å²) in [5.41, 5.74) is 0.236. The molecule has 0 aliphatic heterocycles. The number of amides is 2. The maximum atomic E-state index is 12.6. The molecule has 25 heavy (non-hydrogen) atoms. The lowest BCUT2D eigenvalue weighted by atomic mass is 9.80. The molecule has 2 aromatic rings. The van der Waals surface area contributed by atoms with Gasteiger partial charge in [0.15, 0.2) is 0 Å². The SMILES string of the molecule is CCNC(=O)C1(NC(=O)Cc2ccc3ccccc3c2)CCCCC1. The van der Waals surface area contributed by atoms with Crippen LogP contribution in [0.2, 0.25) is 0 Å². The third-order valence-electron chi connectivity index (χ3n) is 5.04. The highest BCUT2D eigenvalue weighted by molar-refractivity contribution is 5.92. The van der Waals surface area contributed by atoms with Gasteiger partial charge in [-0.05, 0) is 36.1 Å². The molecule has 0 atom stereocenters. The lowest BCUT2D eigenvalue weighted by molar-refractivity contribution is -0.134. The minimum atomic E-state index is -0.734. The van der Waals surface area contributed by atoms with Crippen LogP contribution in [0, 0.1) is 0 Å². The van der Waals surface area contributed by atoms with Gasteiger partial charge in [-0.15, -0.1) is 0 Å². The highest BCUT2D eigenvalue weighted by Crippen LogP contribution is 2.28. The standard InChI is InChI=1S/C21H26N2O2/c1-2-22-20(25)21(12-6-3-7-13-21)23-19(24)15-16-10-11-17-8-4-5-9-18(17)14-16/h4-5,8-11,14H,2-3,6-7,12-13,15H2,1H3,(H,22,25)(H,23,24). The minimum absolute atomic E-state index is 0.0402. The van der Waals surface area contributed by atoms with Crippen molar-refractivity contribution in [1.29, 1.82) is 0 Å². The van der Waals surface area contributed by atoms with Crippen molar-refractivity contribution < 1.29 is 9.59 Å². The summed E-state index contributed by atoms with van der Waals surface area (Å²) < 4.78 is 0. The van der Waals surface area contributed by atoms with E-state index >= 15 is 0 Å². The molecule has 0 saturated heterocycles. The third kappa shape index (κ3) is 4.01.